The minimum atomic E-state index is 0.776. The van der Waals surface area contributed by atoms with Gasteiger partial charge in [-0.05, 0) is 30.2 Å². The number of rotatable bonds is 2. The smallest absolute Gasteiger partial charge is 0.123 e. The fourth-order valence-electron chi connectivity index (χ4n) is 1.69. The summed E-state index contributed by atoms with van der Waals surface area (Å²) in [6, 6.07) is 7.82. The molecule has 3 heteroatoms. The Morgan fingerprint density at radius 2 is 2.12 bits per heavy atom. The van der Waals surface area contributed by atoms with Crippen LogP contribution in [0.25, 0.3) is 6.08 Å². The maximum atomic E-state index is 6.07. The van der Waals surface area contributed by atoms with Gasteiger partial charge in [0.15, 0.2) is 0 Å². The van der Waals surface area contributed by atoms with Gasteiger partial charge in [-0.25, -0.2) is 0 Å². The molecule has 0 aliphatic carbocycles. The van der Waals surface area contributed by atoms with Gasteiger partial charge in [-0.3, -0.25) is 4.99 Å². The molecule has 1 heterocycles. The molecule has 0 amide bonds. The maximum Gasteiger partial charge on any atom is 0.123 e. The number of aliphatic imine (C=N–C) groups is 1. The van der Waals surface area contributed by atoms with Gasteiger partial charge >= 0.3 is 0 Å². The van der Waals surface area contributed by atoms with Crippen LogP contribution in [0.1, 0.15) is 12.0 Å². The van der Waals surface area contributed by atoms with Crippen molar-refractivity contribution >= 4 is 23.5 Å². The van der Waals surface area contributed by atoms with Crippen molar-refractivity contribution in [3.8, 4) is 0 Å². The molecule has 0 aromatic heterocycles. The van der Waals surface area contributed by atoms with Gasteiger partial charge in [0, 0.05) is 25.2 Å². The van der Waals surface area contributed by atoms with E-state index in [-0.39, 0.29) is 0 Å². The van der Waals surface area contributed by atoms with Crippen LogP contribution in [0.15, 0.2) is 35.3 Å². The topological polar surface area (TPSA) is 15.6 Å². The van der Waals surface area contributed by atoms with Gasteiger partial charge in [0.25, 0.3) is 0 Å². The first kappa shape index (κ1) is 11.2. The van der Waals surface area contributed by atoms with Gasteiger partial charge in [0.1, 0.15) is 5.84 Å². The molecule has 1 aliphatic heterocycles. The van der Waals surface area contributed by atoms with Gasteiger partial charge in [0.2, 0.25) is 0 Å². The van der Waals surface area contributed by atoms with E-state index in [1.54, 1.807) is 0 Å². The summed E-state index contributed by atoms with van der Waals surface area (Å²) in [4.78, 5) is 6.63. The number of nitrogens with zero attached hydrogens (tertiary/aromatic N) is 2. The number of likely N-dealkylation sites (N-methyl/N-ethyl adjacent to an activating group) is 1. The lowest BCUT2D eigenvalue weighted by Gasteiger charge is -2.22. The first-order valence-electron chi connectivity index (χ1n) is 5.45. The molecular weight excluding hydrogens is 220 g/mol. The van der Waals surface area contributed by atoms with Crippen molar-refractivity contribution in [2.24, 2.45) is 4.99 Å². The molecule has 0 radical (unpaired) electrons. The van der Waals surface area contributed by atoms with E-state index in [4.69, 9.17) is 11.6 Å². The fourth-order valence-corrected chi connectivity index (χ4v) is 1.89. The van der Waals surface area contributed by atoms with Crippen molar-refractivity contribution in [2.45, 2.75) is 6.42 Å². The standard InChI is InChI=1S/C13H15ClN2/c1-16-10-4-9-15-13(16)8-7-11-5-2-3-6-12(11)14/h2-3,5-8H,4,9-10H2,1H3/b8-7+. The van der Waals surface area contributed by atoms with Crippen LogP contribution in [0.3, 0.4) is 0 Å². The zero-order chi connectivity index (χ0) is 11.4. The van der Waals surface area contributed by atoms with Crippen molar-refractivity contribution in [1.82, 2.24) is 4.90 Å². The highest BCUT2D eigenvalue weighted by Crippen LogP contribution is 2.16. The summed E-state index contributed by atoms with van der Waals surface area (Å²) in [5.41, 5.74) is 1.03. The van der Waals surface area contributed by atoms with Crippen molar-refractivity contribution in [2.75, 3.05) is 20.1 Å². The number of amidine groups is 1. The Hall–Kier alpha value is -1.28. The van der Waals surface area contributed by atoms with E-state index >= 15 is 0 Å². The molecule has 0 unspecified atom stereocenters. The Morgan fingerprint density at radius 3 is 2.88 bits per heavy atom. The van der Waals surface area contributed by atoms with E-state index in [9.17, 15) is 0 Å². The summed E-state index contributed by atoms with van der Waals surface area (Å²) in [7, 11) is 2.06. The molecule has 1 aliphatic rings. The lowest BCUT2D eigenvalue weighted by atomic mass is 10.2. The minimum absolute atomic E-state index is 0.776. The van der Waals surface area contributed by atoms with E-state index in [0.717, 1.165) is 35.9 Å². The third-order valence-electron chi connectivity index (χ3n) is 2.63. The Bertz CT molecular complexity index is 424. The highest BCUT2D eigenvalue weighted by molar-refractivity contribution is 6.32. The lowest BCUT2D eigenvalue weighted by molar-refractivity contribution is 0.470. The summed E-state index contributed by atoms with van der Waals surface area (Å²) in [6.07, 6.45) is 5.18. The highest BCUT2D eigenvalue weighted by Gasteiger charge is 2.07. The first-order chi connectivity index (χ1) is 7.77. The average Bonchev–Trinajstić information content (AvgIpc) is 2.30. The predicted octanol–water partition coefficient (Wildman–Crippen LogP) is 3.09. The fraction of sp³-hybridized carbons (Fsp3) is 0.308. The first-order valence-corrected chi connectivity index (χ1v) is 5.83. The molecule has 0 bridgehead atoms. The number of hydrogen-bond donors (Lipinski definition) is 0. The van der Waals surface area contributed by atoms with Crippen molar-refractivity contribution in [3.05, 3.63) is 40.9 Å². The van der Waals surface area contributed by atoms with Gasteiger partial charge in [-0.2, -0.15) is 0 Å². The number of halogens is 1. The molecule has 1 aromatic rings. The lowest BCUT2D eigenvalue weighted by Crippen LogP contribution is -2.30. The summed E-state index contributed by atoms with van der Waals surface area (Å²) in [5.74, 6) is 1.03. The summed E-state index contributed by atoms with van der Waals surface area (Å²) in [5, 5.41) is 0.776. The van der Waals surface area contributed by atoms with E-state index in [1.807, 2.05) is 36.4 Å². The molecule has 84 valence electrons. The quantitative estimate of drug-likeness (QED) is 0.768. The van der Waals surface area contributed by atoms with Crippen LogP contribution in [-0.2, 0) is 0 Å². The van der Waals surface area contributed by atoms with Crippen LogP contribution in [0.4, 0.5) is 0 Å². The zero-order valence-corrected chi connectivity index (χ0v) is 10.1. The molecule has 0 fully saturated rings. The van der Waals surface area contributed by atoms with Crippen molar-refractivity contribution in [1.29, 1.82) is 0 Å². The highest BCUT2D eigenvalue weighted by atomic mass is 35.5. The molecule has 0 N–H and O–H groups in total. The summed E-state index contributed by atoms with van der Waals surface area (Å²) in [6.45, 7) is 2.00. The van der Waals surface area contributed by atoms with Crippen LogP contribution in [0.2, 0.25) is 5.02 Å². The largest absolute Gasteiger partial charge is 0.360 e. The second kappa shape index (κ2) is 5.17. The minimum Gasteiger partial charge on any atom is -0.360 e. The van der Waals surface area contributed by atoms with E-state index in [1.165, 1.54) is 0 Å². The predicted molar refractivity (Wildman–Crippen MR) is 70.0 cm³/mol. The third kappa shape index (κ3) is 2.64. The normalized spacial score (nSPS) is 16.6. The van der Waals surface area contributed by atoms with Crippen molar-refractivity contribution < 1.29 is 0 Å². The molecule has 1 aromatic carbocycles. The second-order valence-electron chi connectivity index (χ2n) is 3.87. The molecule has 0 spiro atoms. The summed E-state index contributed by atoms with van der Waals surface area (Å²) < 4.78 is 0. The van der Waals surface area contributed by atoms with E-state index < -0.39 is 0 Å². The Balaban J connectivity index is 2.15. The molecule has 0 saturated carbocycles. The monoisotopic (exact) mass is 234 g/mol. The average molecular weight is 235 g/mol. The van der Waals surface area contributed by atoms with Crippen LogP contribution in [-0.4, -0.2) is 30.9 Å². The van der Waals surface area contributed by atoms with Crippen LogP contribution < -0.4 is 0 Å². The Morgan fingerprint density at radius 1 is 1.31 bits per heavy atom. The third-order valence-corrected chi connectivity index (χ3v) is 2.98. The number of hydrogen-bond acceptors (Lipinski definition) is 2. The Kier molecular flexibility index (Phi) is 3.62. The van der Waals surface area contributed by atoms with Crippen LogP contribution in [0, 0.1) is 0 Å². The van der Waals surface area contributed by atoms with Crippen LogP contribution in [0.5, 0.6) is 0 Å². The van der Waals surface area contributed by atoms with Gasteiger partial charge in [0.05, 0.1) is 0 Å². The van der Waals surface area contributed by atoms with Gasteiger partial charge in [-0.15, -0.1) is 0 Å². The molecule has 2 nitrogen and oxygen atoms in total. The second-order valence-corrected chi connectivity index (χ2v) is 4.28. The van der Waals surface area contributed by atoms with E-state index in [0.29, 0.717) is 0 Å². The van der Waals surface area contributed by atoms with Gasteiger partial charge in [-0.1, -0.05) is 29.8 Å². The molecule has 0 saturated heterocycles. The van der Waals surface area contributed by atoms with Crippen molar-refractivity contribution in [3.63, 3.8) is 0 Å². The SMILES string of the molecule is CN1CCCN=C1/C=C/c1ccccc1Cl. The summed E-state index contributed by atoms with van der Waals surface area (Å²) >= 11 is 6.07. The molecule has 2 rings (SSSR count). The zero-order valence-electron chi connectivity index (χ0n) is 9.36. The van der Waals surface area contributed by atoms with Gasteiger partial charge < -0.3 is 4.90 Å². The Labute approximate surface area is 101 Å². The maximum absolute atomic E-state index is 6.07. The molecular formula is C13H15ClN2. The molecule has 16 heavy (non-hydrogen) atoms. The van der Waals surface area contributed by atoms with E-state index in [2.05, 4.69) is 16.9 Å². The molecule has 0 atom stereocenters. The van der Waals surface area contributed by atoms with Crippen LogP contribution >= 0.6 is 11.6 Å². The number of benzene rings is 1.